The minimum Gasteiger partial charge on any atom is -0.303 e. The highest BCUT2D eigenvalue weighted by atomic mass is 15.1. The molecule has 1 aliphatic heterocycles. The Kier molecular flexibility index (Phi) is 2.69. The SMILES string of the molecule is CCN1CC[C@H]2CCCC[C@H]2C1. The van der Waals surface area contributed by atoms with E-state index in [-0.39, 0.29) is 0 Å². The van der Waals surface area contributed by atoms with Crippen LogP contribution in [0, 0.1) is 11.8 Å². The van der Waals surface area contributed by atoms with Crippen LogP contribution >= 0.6 is 0 Å². The Bertz CT molecular complexity index is 144. The molecule has 0 aromatic carbocycles. The molecule has 1 aliphatic carbocycles. The summed E-state index contributed by atoms with van der Waals surface area (Å²) in [4.78, 5) is 2.63. The van der Waals surface area contributed by atoms with Gasteiger partial charge in [-0.2, -0.15) is 0 Å². The molecule has 2 aliphatic rings. The van der Waals surface area contributed by atoms with Gasteiger partial charge in [0.1, 0.15) is 0 Å². The number of nitrogens with zero attached hydrogens (tertiary/aromatic N) is 1. The van der Waals surface area contributed by atoms with Crippen molar-refractivity contribution in [2.24, 2.45) is 11.8 Å². The fraction of sp³-hybridized carbons (Fsp3) is 1.00. The van der Waals surface area contributed by atoms with Gasteiger partial charge in [-0.1, -0.05) is 26.2 Å². The number of fused-ring (bicyclic) bond motifs is 1. The number of hydrogen-bond acceptors (Lipinski definition) is 1. The van der Waals surface area contributed by atoms with E-state index in [0.29, 0.717) is 0 Å². The van der Waals surface area contributed by atoms with E-state index in [1.54, 1.807) is 0 Å². The Labute approximate surface area is 76.1 Å². The van der Waals surface area contributed by atoms with E-state index >= 15 is 0 Å². The van der Waals surface area contributed by atoms with Crippen LogP contribution in [0.1, 0.15) is 39.0 Å². The third-order valence-electron chi connectivity index (χ3n) is 3.82. The summed E-state index contributed by atoms with van der Waals surface area (Å²) in [6, 6.07) is 0. The van der Waals surface area contributed by atoms with Gasteiger partial charge in [0.25, 0.3) is 0 Å². The predicted octanol–water partition coefficient (Wildman–Crippen LogP) is 2.52. The fourth-order valence-corrected chi connectivity index (χ4v) is 2.96. The highest BCUT2D eigenvalue weighted by molar-refractivity contribution is 4.82. The van der Waals surface area contributed by atoms with Gasteiger partial charge in [-0.15, -0.1) is 0 Å². The first-order valence-corrected chi connectivity index (χ1v) is 5.62. The monoisotopic (exact) mass is 167 g/mol. The highest BCUT2D eigenvalue weighted by Crippen LogP contribution is 2.35. The van der Waals surface area contributed by atoms with Crippen LogP contribution in [0.5, 0.6) is 0 Å². The number of likely N-dealkylation sites (tertiary alicyclic amines) is 1. The molecule has 0 aromatic rings. The van der Waals surface area contributed by atoms with Crippen molar-refractivity contribution in [2.45, 2.75) is 39.0 Å². The van der Waals surface area contributed by atoms with Crippen LogP contribution in [0.3, 0.4) is 0 Å². The van der Waals surface area contributed by atoms with Crippen molar-refractivity contribution < 1.29 is 0 Å². The van der Waals surface area contributed by atoms with Gasteiger partial charge in [-0.25, -0.2) is 0 Å². The van der Waals surface area contributed by atoms with Crippen LogP contribution in [-0.2, 0) is 0 Å². The zero-order chi connectivity index (χ0) is 8.39. The Morgan fingerprint density at radius 1 is 1.08 bits per heavy atom. The summed E-state index contributed by atoms with van der Waals surface area (Å²) in [6.45, 7) is 6.34. The second kappa shape index (κ2) is 3.78. The van der Waals surface area contributed by atoms with Crippen molar-refractivity contribution in [2.75, 3.05) is 19.6 Å². The predicted molar refractivity (Wildman–Crippen MR) is 52.2 cm³/mol. The molecule has 2 rings (SSSR count). The first-order valence-electron chi connectivity index (χ1n) is 5.62. The molecule has 12 heavy (non-hydrogen) atoms. The van der Waals surface area contributed by atoms with Crippen molar-refractivity contribution in [1.82, 2.24) is 4.90 Å². The molecule has 0 aromatic heterocycles. The van der Waals surface area contributed by atoms with E-state index in [1.165, 1.54) is 51.7 Å². The van der Waals surface area contributed by atoms with E-state index < -0.39 is 0 Å². The lowest BCUT2D eigenvalue weighted by atomic mass is 9.75. The highest BCUT2D eigenvalue weighted by Gasteiger charge is 2.30. The number of piperidine rings is 1. The topological polar surface area (TPSA) is 3.24 Å². The van der Waals surface area contributed by atoms with E-state index in [2.05, 4.69) is 11.8 Å². The Hall–Kier alpha value is -0.0400. The molecule has 0 spiro atoms. The van der Waals surface area contributed by atoms with E-state index in [1.807, 2.05) is 0 Å². The van der Waals surface area contributed by atoms with Crippen LogP contribution in [0.4, 0.5) is 0 Å². The minimum absolute atomic E-state index is 1.06. The average molecular weight is 167 g/mol. The van der Waals surface area contributed by atoms with Crippen molar-refractivity contribution in [3.05, 3.63) is 0 Å². The van der Waals surface area contributed by atoms with Crippen LogP contribution in [-0.4, -0.2) is 24.5 Å². The third kappa shape index (κ3) is 1.66. The second-order valence-electron chi connectivity index (χ2n) is 4.49. The molecule has 0 bridgehead atoms. The summed E-state index contributed by atoms with van der Waals surface area (Å²) in [7, 11) is 0. The van der Waals surface area contributed by atoms with Crippen molar-refractivity contribution in [3.63, 3.8) is 0 Å². The summed E-state index contributed by atoms with van der Waals surface area (Å²) in [5, 5.41) is 0. The lowest BCUT2D eigenvalue weighted by Gasteiger charge is -2.40. The third-order valence-corrected chi connectivity index (χ3v) is 3.82. The Morgan fingerprint density at radius 2 is 1.83 bits per heavy atom. The minimum atomic E-state index is 1.06. The smallest absolute Gasteiger partial charge is 0.00122 e. The molecule has 1 saturated carbocycles. The van der Waals surface area contributed by atoms with E-state index in [9.17, 15) is 0 Å². The van der Waals surface area contributed by atoms with Gasteiger partial charge in [0.2, 0.25) is 0 Å². The van der Waals surface area contributed by atoms with Crippen LogP contribution in [0.2, 0.25) is 0 Å². The van der Waals surface area contributed by atoms with Gasteiger partial charge in [-0.05, 0) is 37.8 Å². The zero-order valence-electron chi connectivity index (χ0n) is 8.26. The largest absolute Gasteiger partial charge is 0.303 e. The molecular weight excluding hydrogens is 146 g/mol. The molecule has 70 valence electrons. The lowest BCUT2D eigenvalue weighted by Crippen LogP contribution is -2.41. The van der Waals surface area contributed by atoms with Gasteiger partial charge >= 0.3 is 0 Å². The normalized spacial score (nSPS) is 37.8. The van der Waals surface area contributed by atoms with E-state index in [0.717, 1.165) is 11.8 Å². The molecule has 1 heteroatoms. The summed E-state index contributed by atoms with van der Waals surface area (Å²) >= 11 is 0. The summed E-state index contributed by atoms with van der Waals surface area (Å²) < 4.78 is 0. The summed E-state index contributed by atoms with van der Waals surface area (Å²) in [6.07, 6.45) is 7.54. The standard InChI is InChI=1S/C11H21N/c1-2-12-8-7-10-5-3-4-6-11(10)9-12/h10-11H,2-9H2,1H3/t10-,11+/m1/s1. The maximum absolute atomic E-state index is 2.63. The summed E-state index contributed by atoms with van der Waals surface area (Å²) in [5.74, 6) is 2.16. The maximum atomic E-state index is 2.63. The molecule has 0 N–H and O–H groups in total. The maximum Gasteiger partial charge on any atom is 0.00122 e. The van der Waals surface area contributed by atoms with Crippen molar-refractivity contribution >= 4 is 0 Å². The molecule has 2 atom stereocenters. The molecule has 1 nitrogen and oxygen atoms in total. The summed E-state index contributed by atoms with van der Waals surface area (Å²) in [5.41, 5.74) is 0. The average Bonchev–Trinajstić information content (AvgIpc) is 2.17. The molecule has 0 amide bonds. The Morgan fingerprint density at radius 3 is 2.58 bits per heavy atom. The van der Waals surface area contributed by atoms with E-state index in [4.69, 9.17) is 0 Å². The quantitative estimate of drug-likeness (QED) is 0.580. The zero-order valence-corrected chi connectivity index (χ0v) is 8.26. The molecular formula is C11H21N. The van der Waals surface area contributed by atoms with Gasteiger partial charge < -0.3 is 4.90 Å². The van der Waals surface area contributed by atoms with Crippen molar-refractivity contribution in [3.8, 4) is 0 Å². The first kappa shape index (κ1) is 8.55. The lowest BCUT2D eigenvalue weighted by molar-refractivity contribution is 0.0908. The molecule has 0 radical (unpaired) electrons. The van der Waals surface area contributed by atoms with Gasteiger partial charge in [0.05, 0.1) is 0 Å². The van der Waals surface area contributed by atoms with Gasteiger partial charge in [0.15, 0.2) is 0 Å². The van der Waals surface area contributed by atoms with Gasteiger partial charge in [0, 0.05) is 6.54 Å². The molecule has 0 unspecified atom stereocenters. The Balaban J connectivity index is 1.90. The van der Waals surface area contributed by atoms with Crippen LogP contribution < -0.4 is 0 Å². The number of rotatable bonds is 1. The van der Waals surface area contributed by atoms with Gasteiger partial charge in [-0.3, -0.25) is 0 Å². The molecule has 1 saturated heterocycles. The number of hydrogen-bond donors (Lipinski definition) is 0. The first-order chi connectivity index (χ1) is 5.90. The molecule has 2 fully saturated rings. The second-order valence-corrected chi connectivity index (χ2v) is 4.49. The molecule has 1 heterocycles. The van der Waals surface area contributed by atoms with Crippen LogP contribution in [0.25, 0.3) is 0 Å². The van der Waals surface area contributed by atoms with Crippen molar-refractivity contribution in [1.29, 1.82) is 0 Å². The van der Waals surface area contributed by atoms with Crippen LogP contribution in [0.15, 0.2) is 0 Å². The fourth-order valence-electron chi connectivity index (χ4n) is 2.96.